The molecule has 0 radical (unpaired) electrons. The van der Waals surface area contributed by atoms with Crippen molar-refractivity contribution in [2.24, 2.45) is 0 Å². The molecule has 2 aliphatic carbocycles. The van der Waals surface area contributed by atoms with E-state index >= 15 is 0 Å². The quantitative estimate of drug-likeness (QED) is 0.811. The van der Waals surface area contributed by atoms with Crippen molar-refractivity contribution in [2.75, 3.05) is 20.4 Å². The molecule has 2 aromatic rings. The Bertz CT molecular complexity index is 1210. The molecule has 4 heteroatoms. The van der Waals surface area contributed by atoms with Crippen molar-refractivity contribution in [2.45, 2.75) is 19.6 Å². The maximum absolute atomic E-state index is 6.23. The largest absolute Gasteiger partial charge is 0.454 e. The van der Waals surface area contributed by atoms with Gasteiger partial charge in [-0.05, 0) is 58.7 Å². The molecular formula is C24H21NO3. The SMILES string of the molecule is CCOC1c2c(ccc3c2OCO3)C2=C(c3cc4c(cc3=CC2)C=CC=4)N1C. The highest BCUT2D eigenvalue weighted by molar-refractivity contribution is 5.97. The van der Waals surface area contributed by atoms with Gasteiger partial charge in [-0.3, -0.25) is 0 Å². The van der Waals surface area contributed by atoms with E-state index in [9.17, 15) is 0 Å². The summed E-state index contributed by atoms with van der Waals surface area (Å²) in [5.41, 5.74) is 7.44. The zero-order valence-electron chi connectivity index (χ0n) is 16.0. The van der Waals surface area contributed by atoms with Gasteiger partial charge >= 0.3 is 0 Å². The van der Waals surface area contributed by atoms with E-state index < -0.39 is 0 Å². The predicted molar refractivity (Wildman–Crippen MR) is 110 cm³/mol. The van der Waals surface area contributed by atoms with Crippen LogP contribution < -0.4 is 19.9 Å². The van der Waals surface area contributed by atoms with Gasteiger partial charge in [-0.15, -0.1) is 0 Å². The van der Waals surface area contributed by atoms with E-state index in [2.05, 4.69) is 54.5 Å². The second-order valence-corrected chi connectivity index (χ2v) is 7.51. The Morgan fingerprint density at radius 3 is 2.96 bits per heavy atom. The molecule has 2 aromatic carbocycles. The molecule has 0 saturated heterocycles. The van der Waals surface area contributed by atoms with Gasteiger partial charge < -0.3 is 19.1 Å². The minimum atomic E-state index is -0.197. The van der Waals surface area contributed by atoms with E-state index in [0.29, 0.717) is 6.61 Å². The van der Waals surface area contributed by atoms with Gasteiger partial charge in [0.15, 0.2) is 17.7 Å². The van der Waals surface area contributed by atoms with Gasteiger partial charge in [-0.1, -0.05) is 30.4 Å². The van der Waals surface area contributed by atoms with E-state index in [1.165, 1.54) is 38.4 Å². The number of benzene rings is 2. The van der Waals surface area contributed by atoms with Crippen LogP contribution in [0.2, 0.25) is 0 Å². The van der Waals surface area contributed by atoms with Crippen LogP contribution in [0.25, 0.3) is 29.5 Å². The fraction of sp³-hybridized carbons (Fsp3) is 0.250. The molecule has 0 fully saturated rings. The van der Waals surface area contributed by atoms with Gasteiger partial charge in [0.05, 0.1) is 11.3 Å². The number of nitrogens with zero attached hydrogens (tertiary/aromatic N) is 1. The lowest BCUT2D eigenvalue weighted by atomic mass is 9.83. The van der Waals surface area contributed by atoms with Crippen LogP contribution in [-0.4, -0.2) is 25.3 Å². The summed E-state index contributed by atoms with van der Waals surface area (Å²) in [7, 11) is 2.12. The summed E-state index contributed by atoms with van der Waals surface area (Å²) in [6.45, 7) is 2.93. The molecule has 4 nitrogen and oxygen atoms in total. The van der Waals surface area contributed by atoms with Crippen LogP contribution in [-0.2, 0) is 4.74 Å². The number of allylic oxidation sites excluding steroid dienone is 2. The topological polar surface area (TPSA) is 30.9 Å². The molecule has 6 rings (SSSR count). The lowest BCUT2D eigenvalue weighted by Gasteiger charge is -2.40. The zero-order chi connectivity index (χ0) is 18.8. The Morgan fingerprint density at radius 1 is 1.14 bits per heavy atom. The minimum Gasteiger partial charge on any atom is -0.454 e. The normalized spacial score (nSPS) is 20.2. The summed E-state index contributed by atoms with van der Waals surface area (Å²) in [6, 6.07) is 8.80. The monoisotopic (exact) mass is 371 g/mol. The molecule has 28 heavy (non-hydrogen) atoms. The number of hydrogen-bond acceptors (Lipinski definition) is 4. The fourth-order valence-electron chi connectivity index (χ4n) is 4.85. The van der Waals surface area contributed by atoms with Crippen molar-refractivity contribution in [1.29, 1.82) is 0 Å². The molecular weight excluding hydrogens is 350 g/mol. The average molecular weight is 371 g/mol. The predicted octanol–water partition coefficient (Wildman–Crippen LogP) is 3.26. The zero-order valence-corrected chi connectivity index (χ0v) is 16.0. The molecule has 140 valence electrons. The fourth-order valence-corrected chi connectivity index (χ4v) is 4.85. The number of fused-ring (bicyclic) bond motifs is 7. The van der Waals surface area contributed by atoms with Crippen molar-refractivity contribution in [3.8, 4) is 11.5 Å². The molecule has 2 aliphatic heterocycles. The molecule has 0 saturated carbocycles. The van der Waals surface area contributed by atoms with Crippen LogP contribution in [0.15, 0.2) is 30.3 Å². The standard InChI is InChI=1S/C24H21NO3/c1-3-26-24-21-17(9-10-20-23(21)28-13-27-20)18-8-7-16-11-14-5-4-6-15(14)12-19(16)22(18)25(24)2/h4-7,9-12,24H,3,8,13H2,1-2H3. The first-order valence-corrected chi connectivity index (χ1v) is 9.79. The Hall–Kier alpha value is -2.98. The molecule has 1 atom stereocenters. The second kappa shape index (κ2) is 5.76. The lowest BCUT2D eigenvalue weighted by molar-refractivity contribution is -0.0197. The summed E-state index contributed by atoms with van der Waals surface area (Å²) in [6.07, 6.45) is 9.51. The highest BCUT2D eigenvalue weighted by Gasteiger charge is 2.38. The van der Waals surface area contributed by atoms with Crippen LogP contribution in [0.3, 0.4) is 0 Å². The third kappa shape index (κ3) is 2.04. The van der Waals surface area contributed by atoms with Crippen molar-refractivity contribution < 1.29 is 14.2 Å². The number of ether oxygens (including phenoxy) is 3. The first kappa shape index (κ1) is 16.0. The van der Waals surface area contributed by atoms with Crippen molar-refractivity contribution in [1.82, 2.24) is 4.90 Å². The van der Waals surface area contributed by atoms with Crippen molar-refractivity contribution in [3.63, 3.8) is 0 Å². The Kier molecular flexibility index (Phi) is 3.29. The van der Waals surface area contributed by atoms with Gasteiger partial charge in [0.1, 0.15) is 0 Å². The van der Waals surface area contributed by atoms with Crippen LogP contribution in [0, 0.1) is 0 Å². The first-order valence-electron chi connectivity index (χ1n) is 9.79. The summed E-state index contributed by atoms with van der Waals surface area (Å²) in [5, 5.41) is 2.57. The highest BCUT2D eigenvalue weighted by atomic mass is 16.7. The molecule has 0 aromatic heterocycles. The van der Waals surface area contributed by atoms with Crippen molar-refractivity contribution >= 4 is 29.5 Å². The summed E-state index contributed by atoms with van der Waals surface area (Å²) in [4.78, 5) is 2.27. The Balaban J connectivity index is 1.63. The summed E-state index contributed by atoms with van der Waals surface area (Å²) in [5.74, 6) is 1.63. The molecule has 0 N–H and O–H groups in total. The van der Waals surface area contributed by atoms with Crippen LogP contribution in [0.1, 0.15) is 41.8 Å². The van der Waals surface area contributed by atoms with Gasteiger partial charge in [-0.2, -0.15) is 0 Å². The Labute approximate surface area is 163 Å². The number of hydrogen-bond donors (Lipinski definition) is 0. The van der Waals surface area contributed by atoms with Crippen LogP contribution in [0.5, 0.6) is 11.5 Å². The van der Waals surface area contributed by atoms with Crippen molar-refractivity contribution in [3.05, 3.63) is 63.0 Å². The molecule has 0 spiro atoms. The van der Waals surface area contributed by atoms with Crippen LogP contribution >= 0.6 is 0 Å². The third-order valence-corrected chi connectivity index (χ3v) is 6.05. The smallest absolute Gasteiger partial charge is 0.231 e. The van der Waals surface area contributed by atoms with Gasteiger partial charge in [-0.25, -0.2) is 0 Å². The first-order chi connectivity index (χ1) is 13.8. The molecule has 2 heterocycles. The molecule has 0 amide bonds. The van der Waals surface area contributed by atoms with E-state index in [0.717, 1.165) is 23.5 Å². The summed E-state index contributed by atoms with van der Waals surface area (Å²) < 4.78 is 17.7. The maximum Gasteiger partial charge on any atom is 0.231 e. The van der Waals surface area contributed by atoms with E-state index in [-0.39, 0.29) is 13.0 Å². The summed E-state index contributed by atoms with van der Waals surface area (Å²) >= 11 is 0. The van der Waals surface area contributed by atoms with E-state index in [1.54, 1.807) is 0 Å². The van der Waals surface area contributed by atoms with Crippen LogP contribution in [0.4, 0.5) is 0 Å². The Morgan fingerprint density at radius 2 is 2.07 bits per heavy atom. The molecule has 4 aliphatic rings. The molecule has 0 bridgehead atoms. The number of rotatable bonds is 2. The lowest BCUT2D eigenvalue weighted by Crippen LogP contribution is -2.35. The van der Waals surface area contributed by atoms with Gasteiger partial charge in [0, 0.05) is 19.2 Å². The second-order valence-electron chi connectivity index (χ2n) is 7.51. The molecule has 1 unspecified atom stereocenters. The highest BCUT2D eigenvalue weighted by Crippen LogP contribution is 2.51. The third-order valence-electron chi connectivity index (χ3n) is 6.05. The van der Waals surface area contributed by atoms with E-state index in [4.69, 9.17) is 14.2 Å². The maximum atomic E-state index is 6.23. The average Bonchev–Trinajstić information content (AvgIpc) is 3.36. The van der Waals surface area contributed by atoms with Gasteiger partial charge in [0.2, 0.25) is 6.79 Å². The van der Waals surface area contributed by atoms with Gasteiger partial charge in [0.25, 0.3) is 0 Å². The minimum absolute atomic E-state index is 0.197. The van der Waals surface area contributed by atoms with E-state index in [1.807, 2.05) is 13.0 Å².